The summed E-state index contributed by atoms with van der Waals surface area (Å²) in [5.74, 6) is 0.747. The number of carbonyl (C=O) groups excluding carboxylic acids is 1. The fourth-order valence-electron chi connectivity index (χ4n) is 3.90. The van der Waals surface area contributed by atoms with Crippen LogP contribution >= 0.6 is 27.5 Å². The molecule has 30 heavy (non-hydrogen) atoms. The zero-order chi connectivity index (χ0) is 21.1. The molecule has 0 spiro atoms. The van der Waals surface area contributed by atoms with Crippen LogP contribution in [-0.4, -0.2) is 13.2 Å². The van der Waals surface area contributed by atoms with Crippen molar-refractivity contribution in [2.45, 2.75) is 25.5 Å². The number of halogens is 2. The van der Waals surface area contributed by atoms with Crippen molar-refractivity contribution in [2.24, 2.45) is 0 Å². The van der Waals surface area contributed by atoms with E-state index in [1.165, 1.54) is 0 Å². The number of fused-ring (bicyclic) bond motifs is 1. The maximum Gasteiger partial charge on any atom is 0.415 e. The van der Waals surface area contributed by atoms with E-state index in [-0.39, 0.29) is 12.6 Å². The first-order chi connectivity index (χ1) is 14.6. The van der Waals surface area contributed by atoms with E-state index in [0.717, 1.165) is 45.4 Å². The van der Waals surface area contributed by atoms with E-state index in [1.807, 2.05) is 66.7 Å². The maximum absolute atomic E-state index is 13.4. The minimum absolute atomic E-state index is 0.204. The summed E-state index contributed by atoms with van der Waals surface area (Å²) in [7, 11) is 1.64. The predicted molar refractivity (Wildman–Crippen MR) is 122 cm³/mol. The van der Waals surface area contributed by atoms with E-state index >= 15 is 0 Å². The van der Waals surface area contributed by atoms with Crippen molar-refractivity contribution in [3.8, 4) is 5.75 Å². The molecule has 1 aliphatic heterocycles. The van der Waals surface area contributed by atoms with Crippen LogP contribution in [0.15, 0.2) is 71.2 Å². The number of rotatable bonds is 4. The van der Waals surface area contributed by atoms with Gasteiger partial charge in [-0.15, -0.1) is 0 Å². The summed E-state index contributed by atoms with van der Waals surface area (Å²) in [5.41, 5.74) is 3.69. The van der Waals surface area contributed by atoms with Gasteiger partial charge in [-0.05, 0) is 58.1 Å². The highest BCUT2D eigenvalue weighted by Gasteiger charge is 2.36. The predicted octanol–water partition coefficient (Wildman–Crippen LogP) is 6.94. The summed E-state index contributed by atoms with van der Waals surface area (Å²) in [6, 6.07) is 21.0. The van der Waals surface area contributed by atoms with Gasteiger partial charge in [-0.25, -0.2) is 4.79 Å². The van der Waals surface area contributed by atoms with Crippen LogP contribution < -0.4 is 9.64 Å². The van der Waals surface area contributed by atoms with E-state index in [4.69, 9.17) is 21.1 Å². The zero-order valence-corrected chi connectivity index (χ0v) is 18.8. The van der Waals surface area contributed by atoms with Crippen molar-refractivity contribution in [1.82, 2.24) is 0 Å². The molecule has 3 aromatic rings. The summed E-state index contributed by atoms with van der Waals surface area (Å²) >= 11 is 9.87. The van der Waals surface area contributed by atoms with Gasteiger partial charge in [0.15, 0.2) is 0 Å². The Hall–Kier alpha value is -2.50. The minimum Gasteiger partial charge on any atom is -0.496 e. The van der Waals surface area contributed by atoms with Gasteiger partial charge in [0.2, 0.25) is 0 Å². The quantitative estimate of drug-likeness (QED) is 0.401. The average molecular weight is 487 g/mol. The second kappa shape index (κ2) is 9.11. The standard InChI is InChI=1S/C24H21BrClNO3/c1-29-22-10-6-5-9-19(22)21-12-11-17-13-18(26)14-20(25)23(17)27(21)24(28)30-15-16-7-3-2-4-8-16/h2-10,13-14,21H,11-12,15H2,1H3. The summed E-state index contributed by atoms with van der Waals surface area (Å²) in [6.07, 6.45) is 1.12. The minimum atomic E-state index is -0.404. The number of methoxy groups -OCH3 is 1. The molecule has 0 aliphatic carbocycles. The Morgan fingerprint density at radius 1 is 1.13 bits per heavy atom. The largest absolute Gasteiger partial charge is 0.496 e. The van der Waals surface area contributed by atoms with Crippen LogP contribution in [0, 0.1) is 0 Å². The number of benzene rings is 3. The molecule has 154 valence electrons. The van der Waals surface area contributed by atoms with Crippen molar-refractivity contribution in [2.75, 3.05) is 12.0 Å². The fourth-order valence-corrected chi connectivity index (χ4v) is 4.97. The Morgan fingerprint density at radius 3 is 2.63 bits per heavy atom. The van der Waals surface area contributed by atoms with E-state index in [2.05, 4.69) is 15.9 Å². The van der Waals surface area contributed by atoms with E-state index in [0.29, 0.717) is 5.02 Å². The molecule has 0 fully saturated rings. The third-order valence-corrected chi connectivity index (χ3v) is 6.07. The summed E-state index contributed by atoms with van der Waals surface area (Å²) in [5, 5.41) is 0.633. The molecule has 0 aromatic heterocycles. The van der Waals surface area contributed by atoms with Crippen molar-refractivity contribution in [1.29, 1.82) is 0 Å². The first-order valence-electron chi connectivity index (χ1n) is 9.69. The number of aryl methyl sites for hydroxylation is 1. The second-order valence-electron chi connectivity index (χ2n) is 7.10. The van der Waals surface area contributed by atoms with Crippen molar-refractivity contribution < 1.29 is 14.3 Å². The molecule has 1 aliphatic rings. The van der Waals surface area contributed by atoms with Crippen LogP contribution in [0.3, 0.4) is 0 Å². The zero-order valence-electron chi connectivity index (χ0n) is 16.5. The summed E-state index contributed by atoms with van der Waals surface area (Å²) < 4.78 is 12.1. The third-order valence-electron chi connectivity index (χ3n) is 5.25. The van der Waals surface area contributed by atoms with Gasteiger partial charge in [0.05, 0.1) is 18.8 Å². The summed E-state index contributed by atoms with van der Waals surface area (Å²) in [6.45, 7) is 0.204. The van der Waals surface area contributed by atoms with Crippen LogP contribution in [-0.2, 0) is 17.8 Å². The highest BCUT2D eigenvalue weighted by atomic mass is 79.9. The molecule has 4 nitrogen and oxygen atoms in total. The highest BCUT2D eigenvalue weighted by molar-refractivity contribution is 9.10. The van der Waals surface area contributed by atoms with Gasteiger partial charge in [0.25, 0.3) is 0 Å². The van der Waals surface area contributed by atoms with Crippen molar-refractivity contribution in [3.05, 3.63) is 92.9 Å². The van der Waals surface area contributed by atoms with Gasteiger partial charge in [-0.2, -0.15) is 0 Å². The SMILES string of the molecule is COc1ccccc1C1CCc2cc(Cl)cc(Br)c2N1C(=O)OCc1ccccc1. The lowest BCUT2D eigenvalue weighted by Crippen LogP contribution is -2.39. The molecule has 0 saturated carbocycles. The third kappa shape index (κ3) is 4.18. The van der Waals surface area contributed by atoms with Gasteiger partial charge < -0.3 is 9.47 Å². The molecule has 1 amide bonds. The van der Waals surface area contributed by atoms with E-state index in [9.17, 15) is 4.79 Å². The number of anilines is 1. The lowest BCUT2D eigenvalue weighted by atomic mass is 9.91. The molecular weight excluding hydrogens is 466 g/mol. The summed E-state index contributed by atoms with van der Waals surface area (Å²) in [4.78, 5) is 15.1. The lowest BCUT2D eigenvalue weighted by Gasteiger charge is -2.38. The number of carbonyl (C=O) groups is 1. The molecule has 1 atom stereocenters. The van der Waals surface area contributed by atoms with Crippen molar-refractivity contribution >= 4 is 39.3 Å². The Balaban J connectivity index is 1.73. The van der Waals surface area contributed by atoms with Gasteiger partial charge >= 0.3 is 6.09 Å². The van der Waals surface area contributed by atoms with Crippen LogP contribution in [0.1, 0.15) is 29.2 Å². The average Bonchev–Trinajstić information content (AvgIpc) is 2.77. The molecule has 0 radical (unpaired) electrons. The van der Waals surface area contributed by atoms with E-state index in [1.54, 1.807) is 12.0 Å². The molecule has 4 rings (SSSR count). The van der Waals surface area contributed by atoms with Crippen LogP contribution in [0.2, 0.25) is 5.02 Å². The fraction of sp³-hybridized carbons (Fsp3) is 0.208. The smallest absolute Gasteiger partial charge is 0.415 e. The number of amides is 1. The van der Waals surface area contributed by atoms with Gasteiger partial charge in [0.1, 0.15) is 12.4 Å². The van der Waals surface area contributed by atoms with Gasteiger partial charge in [-0.3, -0.25) is 4.90 Å². The Bertz CT molecular complexity index is 1060. The van der Waals surface area contributed by atoms with Crippen molar-refractivity contribution in [3.63, 3.8) is 0 Å². The number of ether oxygens (including phenoxy) is 2. The molecule has 1 heterocycles. The Kier molecular flexibility index (Phi) is 6.30. The van der Waals surface area contributed by atoms with Gasteiger partial charge in [-0.1, -0.05) is 60.1 Å². The number of hydrogen-bond acceptors (Lipinski definition) is 3. The van der Waals surface area contributed by atoms with E-state index < -0.39 is 6.09 Å². The molecular formula is C24H21BrClNO3. The normalized spacial score (nSPS) is 15.4. The maximum atomic E-state index is 13.4. The number of hydrogen-bond donors (Lipinski definition) is 0. The first-order valence-corrected chi connectivity index (χ1v) is 10.9. The Labute approximate surface area is 189 Å². The molecule has 1 unspecified atom stereocenters. The molecule has 6 heteroatoms. The van der Waals surface area contributed by atoms with Crippen LogP contribution in [0.25, 0.3) is 0 Å². The first kappa shape index (κ1) is 20.8. The Morgan fingerprint density at radius 2 is 1.87 bits per heavy atom. The van der Waals surface area contributed by atoms with Crippen LogP contribution in [0.5, 0.6) is 5.75 Å². The topological polar surface area (TPSA) is 38.8 Å². The monoisotopic (exact) mass is 485 g/mol. The highest BCUT2D eigenvalue weighted by Crippen LogP contribution is 2.46. The van der Waals surface area contributed by atoms with Gasteiger partial charge in [0, 0.05) is 15.1 Å². The van der Waals surface area contributed by atoms with Crippen LogP contribution in [0.4, 0.5) is 10.5 Å². The molecule has 0 bridgehead atoms. The molecule has 3 aromatic carbocycles. The molecule has 0 N–H and O–H groups in total. The number of para-hydroxylation sites is 1. The number of nitrogens with zero attached hydrogens (tertiary/aromatic N) is 1. The molecule has 0 saturated heterocycles. The lowest BCUT2D eigenvalue weighted by molar-refractivity contribution is 0.143. The second-order valence-corrected chi connectivity index (χ2v) is 8.39.